The van der Waals surface area contributed by atoms with Crippen LogP contribution in [0.25, 0.3) is 0 Å². The molecule has 0 fully saturated rings. The van der Waals surface area contributed by atoms with Gasteiger partial charge in [0.25, 0.3) is 0 Å². The Morgan fingerprint density at radius 2 is 2.62 bits per heavy atom. The first kappa shape index (κ1) is 10.6. The van der Waals surface area contributed by atoms with Gasteiger partial charge in [0, 0.05) is 5.38 Å². The predicted octanol–water partition coefficient (Wildman–Crippen LogP) is 3.12. The summed E-state index contributed by atoms with van der Waals surface area (Å²) in [5.74, 6) is 2.70. The minimum Gasteiger partial charge on any atom is -0.348 e. The van der Waals surface area contributed by atoms with Crippen molar-refractivity contribution in [3.05, 3.63) is 9.98 Å². The predicted molar refractivity (Wildman–Crippen MR) is 61.0 cm³/mol. The number of anilines is 1. The highest BCUT2D eigenvalue weighted by atomic mass is 79.9. The van der Waals surface area contributed by atoms with Crippen molar-refractivity contribution in [2.75, 3.05) is 5.32 Å². The summed E-state index contributed by atoms with van der Waals surface area (Å²) in [6.45, 7) is 2.11. The smallest absolute Gasteiger partial charge is 0.184 e. The molecule has 1 unspecified atom stereocenters. The molecule has 0 bridgehead atoms. The molecule has 0 aromatic carbocycles. The summed E-state index contributed by atoms with van der Waals surface area (Å²) in [7, 11) is 0. The van der Waals surface area contributed by atoms with Crippen LogP contribution in [0, 0.1) is 12.3 Å². The fourth-order valence-corrected chi connectivity index (χ4v) is 2.15. The molecule has 0 saturated carbocycles. The lowest BCUT2D eigenvalue weighted by molar-refractivity contribution is 0.755. The summed E-state index contributed by atoms with van der Waals surface area (Å²) in [4.78, 5) is 4.21. The summed E-state index contributed by atoms with van der Waals surface area (Å²) in [6, 6.07) is 0.100. The molecule has 0 aliphatic heterocycles. The van der Waals surface area contributed by atoms with Crippen LogP contribution in [-0.2, 0) is 0 Å². The fourth-order valence-electron chi connectivity index (χ4n) is 0.955. The largest absolute Gasteiger partial charge is 0.348 e. The summed E-state index contributed by atoms with van der Waals surface area (Å²) in [6.07, 6.45) is 7.42. The van der Waals surface area contributed by atoms with Crippen LogP contribution < -0.4 is 5.32 Å². The van der Waals surface area contributed by atoms with Gasteiger partial charge >= 0.3 is 0 Å². The molecule has 70 valence electrons. The zero-order valence-electron chi connectivity index (χ0n) is 7.38. The van der Waals surface area contributed by atoms with E-state index < -0.39 is 0 Å². The van der Waals surface area contributed by atoms with Gasteiger partial charge in [-0.25, -0.2) is 4.98 Å². The molecule has 4 heteroatoms. The Labute approximate surface area is 90.9 Å². The lowest BCUT2D eigenvalue weighted by atomic mass is 10.2. The highest BCUT2D eigenvalue weighted by Crippen LogP contribution is 2.20. The number of nitrogens with one attached hydrogen (secondary N) is 1. The van der Waals surface area contributed by atoms with Gasteiger partial charge in [0.05, 0.1) is 6.04 Å². The molecule has 0 radical (unpaired) electrons. The van der Waals surface area contributed by atoms with Crippen LogP contribution in [0.5, 0.6) is 0 Å². The van der Waals surface area contributed by atoms with Crippen molar-refractivity contribution in [1.82, 2.24) is 4.98 Å². The third-order valence-corrected chi connectivity index (χ3v) is 3.04. The van der Waals surface area contributed by atoms with Gasteiger partial charge in [-0.1, -0.05) is 19.3 Å². The molecule has 13 heavy (non-hydrogen) atoms. The number of thiazole rings is 1. The maximum Gasteiger partial charge on any atom is 0.184 e. The van der Waals surface area contributed by atoms with Gasteiger partial charge in [-0.15, -0.1) is 17.8 Å². The summed E-state index contributed by atoms with van der Waals surface area (Å²) >= 11 is 4.85. The fraction of sp³-hybridized carbons (Fsp3) is 0.444. The standard InChI is InChI=1S/C9H11BrN2S/c1-3-5-7(4-2)11-9-12-8(10)6-13-9/h2,6-7H,3,5H2,1H3,(H,11,12). The number of terminal acetylenes is 1. The quantitative estimate of drug-likeness (QED) is 0.840. The molecule has 0 saturated heterocycles. The van der Waals surface area contributed by atoms with Crippen molar-refractivity contribution in [1.29, 1.82) is 0 Å². The Bertz CT molecular complexity index is 303. The number of nitrogens with zero attached hydrogens (tertiary/aromatic N) is 1. The van der Waals surface area contributed by atoms with E-state index in [0.717, 1.165) is 22.6 Å². The van der Waals surface area contributed by atoms with Crippen LogP contribution >= 0.6 is 27.3 Å². The number of halogens is 1. The van der Waals surface area contributed by atoms with E-state index in [9.17, 15) is 0 Å². The molecule has 1 heterocycles. The molecule has 0 aliphatic rings. The molecule has 0 spiro atoms. The summed E-state index contributed by atoms with van der Waals surface area (Å²) in [5, 5.41) is 6.00. The Morgan fingerprint density at radius 3 is 3.08 bits per heavy atom. The summed E-state index contributed by atoms with van der Waals surface area (Å²) < 4.78 is 0.854. The normalized spacial score (nSPS) is 12.1. The van der Waals surface area contributed by atoms with Gasteiger partial charge in [0.2, 0.25) is 0 Å². The molecule has 0 aliphatic carbocycles. The van der Waals surface area contributed by atoms with E-state index in [4.69, 9.17) is 6.42 Å². The molecule has 1 aromatic heterocycles. The van der Waals surface area contributed by atoms with Crippen molar-refractivity contribution in [2.24, 2.45) is 0 Å². The lowest BCUT2D eigenvalue weighted by Crippen LogP contribution is -2.16. The summed E-state index contributed by atoms with van der Waals surface area (Å²) in [5.41, 5.74) is 0. The molecular formula is C9H11BrN2S. The average molecular weight is 259 g/mol. The maximum absolute atomic E-state index is 5.37. The van der Waals surface area contributed by atoms with E-state index in [1.807, 2.05) is 5.38 Å². The van der Waals surface area contributed by atoms with Gasteiger partial charge in [-0.2, -0.15) is 0 Å². The molecule has 1 aromatic rings. The van der Waals surface area contributed by atoms with Crippen LogP contribution in [-0.4, -0.2) is 11.0 Å². The first-order chi connectivity index (χ1) is 6.26. The maximum atomic E-state index is 5.37. The Kier molecular flexibility index (Phi) is 4.26. The van der Waals surface area contributed by atoms with Gasteiger partial charge in [0.15, 0.2) is 5.13 Å². The SMILES string of the molecule is C#CC(CCC)Nc1nc(Br)cs1. The van der Waals surface area contributed by atoms with Crippen LogP contribution in [0.4, 0.5) is 5.13 Å². The lowest BCUT2D eigenvalue weighted by Gasteiger charge is -2.09. The molecule has 1 N–H and O–H groups in total. The number of rotatable bonds is 4. The molecule has 1 rings (SSSR count). The second kappa shape index (κ2) is 5.25. The topological polar surface area (TPSA) is 24.9 Å². The van der Waals surface area contributed by atoms with E-state index >= 15 is 0 Å². The molecule has 2 nitrogen and oxygen atoms in total. The third kappa shape index (κ3) is 3.37. The number of aromatic nitrogens is 1. The van der Waals surface area contributed by atoms with E-state index in [-0.39, 0.29) is 6.04 Å². The highest BCUT2D eigenvalue weighted by Gasteiger charge is 2.05. The molecular weight excluding hydrogens is 248 g/mol. The first-order valence-corrected chi connectivity index (χ1v) is 5.77. The Balaban J connectivity index is 2.52. The van der Waals surface area contributed by atoms with Crippen molar-refractivity contribution in [3.63, 3.8) is 0 Å². The van der Waals surface area contributed by atoms with Gasteiger partial charge in [0.1, 0.15) is 4.60 Å². The van der Waals surface area contributed by atoms with Gasteiger partial charge in [-0.3, -0.25) is 0 Å². The van der Waals surface area contributed by atoms with E-state index in [1.54, 1.807) is 11.3 Å². The van der Waals surface area contributed by atoms with Crippen LogP contribution in [0.1, 0.15) is 19.8 Å². The van der Waals surface area contributed by atoms with Gasteiger partial charge < -0.3 is 5.32 Å². The van der Waals surface area contributed by atoms with E-state index in [1.165, 1.54) is 0 Å². The first-order valence-electron chi connectivity index (χ1n) is 4.10. The average Bonchev–Trinajstić information content (AvgIpc) is 2.50. The molecule has 1 atom stereocenters. The van der Waals surface area contributed by atoms with Crippen molar-refractivity contribution in [3.8, 4) is 12.3 Å². The third-order valence-electron chi connectivity index (χ3n) is 1.55. The van der Waals surface area contributed by atoms with Crippen LogP contribution in [0.3, 0.4) is 0 Å². The Morgan fingerprint density at radius 1 is 1.85 bits per heavy atom. The molecule has 0 amide bonds. The number of hydrogen-bond donors (Lipinski definition) is 1. The minimum absolute atomic E-state index is 0.100. The van der Waals surface area contributed by atoms with Gasteiger partial charge in [-0.05, 0) is 22.4 Å². The van der Waals surface area contributed by atoms with Crippen molar-refractivity contribution >= 4 is 32.4 Å². The zero-order valence-corrected chi connectivity index (χ0v) is 9.78. The van der Waals surface area contributed by atoms with E-state index in [2.05, 4.69) is 39.1 Å². The van der Waals surface area contributed by atoms with Crippen molar-refractivity contribution < 1.29 is 0 Å². The highest BCUT2D eigenvalue weighted by molar-refractivity contribution is 9.10. The zero-order chi connectivity index (χ0) is 9.68. The minimum atomic E-state index is 0.100. The second-order valence-corrected chi connectivity index (χ2v) is 4.30. The Hall–Kier alpha value is -0.530. The van der Waals surface area contributed by atoms with Crippen LogP contribution in [0.2, 0.25) is 0 Å². The van der Waals surface area contributed by atoms with Crippen LogP contribution in [0.15, 0.2) is 9.98 Å². The number of hydrogen-bond acceptors (Lipinski definition) is 3. The monoisotopic (exact) mass is 258 g/mol. The second-order valence-electron chi connectivity index (χ2n) is 2.63. The van der Waals surface area contributed by atoms with Crippen molar-refractivity contribution in [2.45, 2.75) is 25.8 Å². The van der Waals surface area contributed by atoms with E-state index in [0.29, 0.717) is 0 Å².